The van der Waals surface area contributed by atoms with Crippen molar-refractivity contribution in [3.63, 3.8) is 0 Å². The third kappa shape index (κ3) is 3.88. The second-order valence-corrected chi connectivity index (χ2v) is 6.36. The number of Topliss-reactive ketones (excluding diaryl/α,β-unsaturated/α-hetero) is 1. The Bertz CT molecular complexity index is 710. The van der Waals surface area contributed by atoms with Gasteiger partial charge in [-0.3, -0.25) is 14.6 Å². The van der Waals surface area contributed by atoms with Gasteiger partial charge in [-0.05, 0) is 31.4 Å². The fraction of sp³-hybridized carbons (Fsp3) is 0.350. The van der Waals surface area contributed by atoms with E-state index in [-0.39, 0.29) is 17.7 Å². The van der Waals surface area contributed by atoms with E-state index in [1.807, 2.05) is 54.3 Å². The summed E-state index contributed by atoms with van der Waals surface area (Å²) in [6.45, 7) is 2.67. The van der Waals surface area contributed by atoms with E-state index in [1.54, 1.807) is 6.20 Å². The van der Waals surface area contributed by atoms with Gasteiger partial charge >= 0.3 is 0 Å². The number of nitrogens with zero attached hydrogens (tertiary/aromatic N) is 2. The molecule has 0 bridgehead atoms. The number of hydrogen-bond acceptors (Lipinski definition) is 3. The number of rotatable bonds is 5. The third-order valence-electron chi connectivity index (χ3n) is 4.54. The maximum atomic E-state index is 12.6. The Labute approximate surface area is 142 Å². The Morgan fingerprint density at radius 1 is 1.17 bits per heavy atom. The van der Waals surface area contributed by atoms with E-state index in [0.29, 0.717) is 12.8 Å². The highest BCUT2D eigenvalue weighted by molar-refractivity contribution is 5.96. The molecule has 4 heteroatoms. The van der Waals surface area contributed by atoms with Crippen LogP contribution in [0.5, 0.6) is 0 Å². The zero-order valence-corrected chi connectivity index (χ0v) is 13.9. The van der Waals surface area contributed by atoms with Gasteiger partial charge in [0.2, 0.25) is 5.91 Å². The van der Waals surface area contributed by atoms with Gasteiger partial charge in [-0.1, -0.05) is 36.4 Å². The van der Waals surface area contributed by atoms with Crippen LogP contribution >= 0.6 is 0 Å². The number of benzene rings is 1. The van der Waals surface area contributed by atoms with Crippen LogP contribution in [-0.2, 0) is 11.2 Å². The number of amides is 1. The molecule has 0 spiro atoms. The molecule has 1 saturated heterocycles. The van der Waals surface area contributed by atoms with Gasteiger partial charge in [-0.15, -0.1) is 0 Å². The summed E-state index contributed by atoms with van der Waals surface area (Å²) in [7, 11) is 0. The van der Waals surface area contributed by atoms with E-state index < -0.39 is 0 Å². The van der Waals surface area contributed by atoms with Gasteiger partial charge in [0.1, 0.15) is 0 Å². The Balaban J connectivity index is 1.63. The van der Waals surface area contributed by atoms with Crippen LogP contribution in [0, 0.1) is 6.92 Å². The van der Waals surface area contributed by atoms with Crippen molar-refractivity contribution in [2.24, 2.45) is 0 Å². The number of likely N-dealkylation sites (tertiary alicyclic amines) is 1. The molecule has 0 N–H and O–H groups in total. The molecular weight excluding hydrogens is 300 g/mol. The average molecular weight is 322 g/mol. The molecule has 1 aliphatic rings. The lowest BCUT2D eigenvalue weighted by Crippen LogP contribution is -2.37. The van der Waals surface area contributed by atoms with Crippen LogP contribution in [-0.4, -0.2) is 34.2 Å². The number of aromatic nitrogens is 1. The summed E-state index contributed by atoms with van der Waals surface area (Å²) < 4.78 is 0. The van der Waals surface area contributed by atoms with E-state index in [4.69, 9.17) is 0 Å². The fourth-order valence-electron chi connectivity index (χ4n) is 3.21. The first-order valence-corrected chi connectivity index (χ1v) is 8.43. The Morgan fingerprint density at radius 2 is 1.96 bits per heavy atom. The molecule has 2 aromatic rings. The summed E-state index contributed by atoms with van der Waals surface area (Å²) in [5, 5.41) is 0. The molecule has 1 amide bonds. The van der Waals surface area contributed by atoms with Gasteiger partial charge in [0.25, 0.3) is 0 Å². The molecule has 1 atom stereocenters. The smallest absolute Gasteiger partial charge is 0.227 e. The van der Waals surface area contributed by atoms with Crippen LogP contribution in [0.1, 0.15) is 40.9 Å². The maximum Gasteiger partial charge on any atom is 0.227 e. The van der Waals surface area contributed by atoms with Gasteiger partial charge < -0.3 is 4.90 Å². The molecule has 3 rings (SSSR count). The van der Waals surface area contributed by atoms with Gasteiger partial charge in [0, 0.05) is 36.5 Å². The lowest BCUT2D eigenvalue weighted by atomic mass is 10.0. The molecule has 4 nitrogen and oxygen atoms in total. The van der Waals surface area contributed by atoms with Crippen molar-refractivity contribution in [1.82, 2.24) is 9.88 Å². The lowest BCUT2D eigenvalue weighted by molar-refractivity contribution is -0.131. The highest BCUT2D eigenvalue weighted by atomic mass is 16.2. The van der Waals surface area contributed by atoms with E-state index in [2.05, 4.69) is 4.98 Å². The average Bonchev–Trinajstić information content (AvgIpc) is 3.06. The van der Waals surface area contributed by atoms with Gasteiger partial charge in [0.05, 0.1) is 6.42 Å². The van der Waals surface area contributed by atoms with Crippen LogP contribution in [0.3, 0.4) is 0 Å². The molecule has 124 valence electrons. The second kappa shape index (κ2) is 7.39. The summed E-state index contributed by atoms with van der Waals surface area (Å²) >= 11 is 0. The number of hydrogen-bond donors (Lipinski definition) is 0. The standard InChI is InChI=1S/C20H22N2O2/c1-15-9-10-16(14-21-15)12-20(24)22-11-5-8-18(22)13-19(23)17-6-3-2-4-7-17/h2-4,6-7,9-10,14,18H,5,8,11-13H2,1H3/t18-/m0/s1. The number of carbonyl (C=O) groups is 2. The molecule has 0 aliphatic carbocycles. The number of pyridine rings is 1. The number of aryl methyl sites for hydroxylation is 1. The Morgan fingerprint density at radius 3 is 2.67 bits per heavy atom. The largest absolute Gasteiger partial charge is 0.339 e. The zero-order chi connectivity index (χ0) is 16.9. The van der Waals surface area contributed by atoms with Crippen molar-refractivity contribution in [2.45, 2.75) is 38.6 Å². The summed E-state index contributed by atoms with van der Waals surface area (Å²) in [6, 6.07) is 13.2. The van der Waals surface area contributed by atoms with Crippen molar-refractivity contribution in [3.05, 3.63) is 65.5 Å². The normalized spacial score (nSPS) is 17.0. The van der Waals surface area contributed by atoms with Gasteiger partial charge in [-0.2, -0.15) is 0 Å². The minimum Gasteiger partial charge on any atom is -0.339 e. The van der Waals surface area contributed by atoms with Crippen LogP contribution in [0.4, 0.5) is 0 Å². The number of carbonyl (C=O) groups excluding carboxylic acids is 2. The van der Waals surface area contributed by atoms with E-state index in [0.717, 1.165) is 36.2 Å². The highest BCUT2D eigenvalue weighted by Gasteiger charge is 2.30. The summed E-state index contributed by atoms with van der Waals surface area (Å²) in [6.07, 6.45) is 4.37. The molecule has 1 aliphatic heterocycles. The fourth-order valence-corrected chi connectivity index (χ4v) is 3.21. The lowest BCUT2D eigenvalue weighted by Gasteiger charge is -2.24. The Hall–Kier alpha value is -2.49. The molecule has 0 saturated carbocycles. The van der Waals surface area contributed by atoms with E-state index in [1.165, 1.54) is 0 Å². The molecule has 0 radical (unpaired) electrons. The SMILES string of the molecule is Cc1ccc(CC(=O)N2CCC[C@H]2CC(=O)c2ccccc2)cn1. The zero-order valence-electron chi connectivity index (χ0n) is 13.9. The molecule has 1 aromatic carbocycles. The molecule has 0 unspecified atom stereocenters. The van der Waals surface area contributed by atoms with Crippen molar-refractivity contribution < 1.29 is 9.59 Å². The van der Waals surface area contributed by atoms with Crippen molar-refractivity contribution in [2.75, 3.05) is 6.54 Å². The first-order valence-electron chi connectivity index (χ1n) is 8.43. The van der Waals surface area contributed by atoms with Crippen molar-refractivity contribution >= 4 is 11.7 Å². The molecule has 1 aromatic heterocycles. The minimum absolute atomic E-state index is 0.0172. The summed E-state index contributed by atoms with van der Waals surface area (Å²) in [5.41, 5.74) is 2.59. The van der Waals surface area contributed by atoms with Crippen molar-refractivity contribution in [1.29, 1.82) is 0 Å². The summed E-state index contributed by atoms with van der Waals surface area (Å²) in [5.74, 6) is 0.196. The predicted octanol–water partition coefficient (Wildman–Crippen LogP) is 3.20. The second-order valence-electron chi connectivity index (χ2n) is 6.36. The number of ketones is 1. The first-order chi connectivity index (χ1) is 11.6. The monoisotopic (exact) mass is 322 g/mol. The molecule has 2 heterocycles. The predicted molar refractivity (Wildman–Crippen MR) is 92.8 cm³/mol. The van der Waals surface area contributed by atoms with E-state index >= 15 is 0 Å². The molecule has 24 heavy (non-hydrogen) atoms. The van der Waals surface area contributed by atoms with Crippen LogP contribution in [0.2, 0.25) is 0 Å². The van der Waals surface area contributed by atoms with Gasteiger partial charge in [0.15, 0.2) is 5.78 Å². The van der Waals surface area contributed by atoms with Crippen molar-refractivity contribution in [3.8, 4) is 0 Å². The van der Waals surface area contributed by atoms with E-state index in [9.17, 15) is 9.59 Å². The summed E-state index contributed by atoms with van der Waals surface area (Å²) in [4.78, 5) is 31.1. The minimum atomic E-state index is 0.0172. The first kappa shape index (κ1) is 16.4. The topological polar surface area (TPSA) is 50.3 Å². The third-order valence-corrected chi connectivity index (χ3v) is 4.54. The quantitative estimate of drug-likeness (QED) is 0.794. The van der Waals surface area contributed by atoms with Crippen LogP contribution in [0.15, 0.2) is 48.7 Å². The van der Waals surface area contributed by atoms with Gasteiger partial charge in [-0.25, -0.2) is 0 Å². The molecule has 1 fully saturated rings. The Kier molecular flexibility index (Phi) is 5.04. The highest BCUT2D eigenvalue weighted by Crippen LogP contribution is 2.23. The van der Waals surface area contributed by atoms with Crippen LogP contribution in [0.25, 0.3) is 0 Å². The van der Waals surface area contributed by atoms with Crippen LogP contribution < -0.4 is 0 Å². The maximum absolute atomic E-state index is 12.6. The molecular formula is C20H22N2O2.